The lowest BCUT2D eigenvalue weighted by Crippen LogP contribution is -2.18. The van der Waals surface area contributed by atoms with Gasteiger partial charge >= 0.3 is 6.18 Å². The third-order valence-electron chi connectivity index (χ3n) is 5.75. The topological polar surface area (TPSA) is 52.0 Å². The Kier molecular flexibility index (Phi) is 5.05. The molecule has 4 nitrogen and oxygen atoms in total. The monoisotopic (exact) mass is 458 g/mol. The van der Waals surface area contributed by atoms with Crippen LogP contribution in [0.4, 0.5) is 13.2 Å². The van der Waals surface area contributed by atoms with E-state index in [4.69, 9.17) is 0 Å². The highest BCUT2D eigenvalue weighted by Crippen LogP contribution is 2.33. The van der Waals surface area contributed by atoms with Gasteiger partial charge in [-0.25, -0.2) is 0 Å². The van der Waals surface area contributed by atoms with Gasteiger partial charge in [-0.05, 0) is 60.5 Å². The first-order valence-corrected chi connectivity index (χ1v) is 10.5. The number of halogens is 3. The van der Waals surface area contributed by atoms with Crippen LogP contribution < -0.4 is 5.56 Å². The number of hydrogen-bond acceptors (Lipinski definition) is 3. The zero-order valence-electron chi connectivity index (χ0n) is 17.9. The number of aromatic nitrogens is 2. The maximum absolute atomic E-state index is 13.4. The number of Topliss-reactive ketones (excluding diaryl/α,β-unsaturated/α-hetero) is 1. The summed E-state index contributed by atoms with van der Waals surface area (Å²) in [6, 6.07) is 20.3. The van der Waals surface area contributed by atoms with Crippen LogP contribution in [0, 0.1) is 0 Å². The fourth-order valence-electron chi connectivity index (χ4n) is 4.09. The van der Waals surface area contributed by atoms with Crippen LogP contribution in [-0.2, 0) is 6.18 Å². The highest BCUT2D eigenvalue weighted by atomic mass is 19.4. The Morgan fingerprint density at radius 1 is 0.882 bits per heavy atom. The van der Waals surface area contributed by atoms with Crippen LogP contribution in [-0.4, -0.2) is 15.3 Å². The van der Waals surface area contributed by atoms with Crippen LogP contribution in [0.2, 0.25) is 0 Å². The van der Waals surface area contributed by atoms with Crippen molar-refractivity contribution in [3.05, 3.63) is 107 Å². The summed E-state index contributed by atoms with van der Waals surface area (Å²) >= 11 is 0. The van der Waals surface area contributed by atoms with Crippen LogP contribution in [0.25, 0.3) is 38.6 Å². The Morgan fingerprint density at radius 2 is 1.65 bits per heavy atom. The molecule has 0 amide bonds. The number of fused-ring (bicyclic) bond motifs is 3. The number of alkyl halides is 3. The molecule has 0 unspecified atom stereocenters. The maximum Gasteiger partial charge on any atom is 0.416 e. The molecule has 0 fully saturated rings. The Hall–Kier alpha value is -4.26. The Labute approximate surface area is 191 Å². The lowest BCUT2D eigenvalue weighted by Gasteiger charge is -2.15. The molecule has 5 aromatic rings. The predicted octanol–water partition coefficient (Wildman–Crippen LogP) is 6.43. The summed E-state index contributed by atoms with van der Waals surface area (Å²) in [4.78, 5) is 29.2. The van der Waals surface area contributed by atoms with E-state index in [9.17, 15) is 22.8 Å². The second-order valence-electron chi connectivity index (χ2n) is 7.99. The van der Waals surface area contributed by atoms with E-state index in [0.29, 0.717) is 27.4 Å². The van der Waals surface area contributed by atoms with Gasteiger partial charge in [0, 0.05) is 34.3 Å². The molecule has 0 spiro atoms. The number of nitrogens with zero attached hydrogens (tertiary/aromatic N) is 2. The fourth-order valence-corrected chi connectivity index (χ4v) is 4.09. The molecule has 34 heavy (non-hydrogen) atoms. The van der Waals surface area contributed by atoms with Gasteiger partial charge in [0.25, 0.3) is 5.56 Å². The number of benzene rings is 3. The SMILES string of the molecule is CC(=O)c1cccc(-c2ccc3ncc4ccc(=O)n(-c5cccc(C(F)(F)F)c5)c4c3c2)c1. The van der Waals surface area contributed by atoms with Crippen molar-refractivity contribution in [1.29, 1.82) is 0 Å². The molecule has 0 saturated carbocycles. The third-order valence-corrected chi connectivity index (χ3v) is 5.75. The zero-order chi connectivity index (χ0) is 24.0. The minimum Gasteiger partial charge on any atom is -0.295 e. The van der Waals surface area contributed by atoms with E-state index >= 15 is 0 Å². The minimum absolute atomic E-state index is 0.0619. The summed E-state index contributed by atoms with van der Waals surface area (Å²) in [6.45, 7) is 1.49. The van der Waals surface area contributed by atoms with Gasteiger partial charge in [0.15, 0.2) is 5.78 Å². The number of carbonyl (C=O) groups excluding carboxylic acids is 1. The van der Waals surface area contributed by atoms with Crippen molar-refractivity contribution in [2.24, 2.45) is 0 Å². The van der Waals surface area contributed by atoms with Crippen molar-refractivity contribution in [3.63, 3.8) is 0 Å². The zero-order valence-corrected chi connectivity index (χ0v) is 17.9. The van der Waals surface area contributed by atoms with Crippen LogP contribution in [0.15, 0.2) is 89.9 Å². The molecule has 2 heterocycles. The Balaban J connectivity index is 1.82. The first-order chi connectivity index (χ1) is 16.2. The molecule has 0 aliphatic carbocycles. The van der Waals surface area contributed by atoms with Gasteiger partial charge in [-0.1, -0.05) is 30.3 Å². The average molecular weight is 458 g/mol. The molecule has 0 aliphatic heterocycles. The van der Waals surface area contributed by atoms with E-state index in [1.54, 1.807) is 36.5 Å². The van der Waals surface area contributed by atoms with Gasteiger partial charge < -0.3 is 0 Å². The van der Waals surface area contributed by atoms with Gasteiger partial charge in [0.1, 0.15) is 0 Å². The van der Waals surface area contributed by atoms with Crippen LogP contribution in [0.1, 0.15) is 22.8 Å². The smallest absolute Gasteiger partial charge is 0.295 e. The summed E-state index contributed by atoms with van der Waals surface area (Å²) in [6.07, 6.45) is -2.94. The van der Waals surface area contributed by atoms with Crippen molar-refractivity contribution in [2.45, 2.75) is 13.1 Å². The molecule has 0 aliphatic rings. The second-order valence-corrected chi connectivity index (χ2v) is 7.99. The average Bonchev–Trinajstić information content (AvgIpc) is 2.83. The molecule has 0 radical (unpaired) electrons. The van der Waals surface area contributed by atoms with Crippen molar-refractivity contribution >= 4 is 27.6 Å². The van der Waals surface area contributed by atoms with Crippen molar-refractivity contribution < 1.29 is 18.0 Å². The highest BCUT2D eigenvalue weighted by Gasteiger charge is 2.30. The molecular formula is C27H17F3N2O2. The van der Waals surface area contributed by atoms with E-state index in [1.165, 1.54) is 29.7 Å². The molecular weight excluding hydrogens is 441 g/mol. The molecule has 0 bridgehead atoms. The number of ketones is 1. The highest BCUT2D eigenvalue weighted by molar-refractivity contribution is 6.05. The standard InChI is InChI=1S/C27H17F3N2O2/c1-16(33)17-4-2-5-18(12-17)19-8-10-24-23(13-19)26-20(15-31-24)9-11-25(34)32(26)22-7-3-6-21(14-22)27(28,29)30/h2-15H,1H3. The van der Waals surface area contributed by atoms with E-state index in [0.717, 1.165) is 23.3 Å². The largest absolute Gasteiger partial charge is 0.416 e. The lowest BCUT2D eigenvalue weighted by molar-refractivity contribution is -0.137. The normalized spacial score (nSPS) is 11.8. The second kappa shape index (κ2) is 7.95. The number of rotatable bonds is 3. The maximum atomic E-state index is 13.4. The van der Waals surface area contributed by atoms with E-state index < -0.39 is 17.3 Å². The van der Waals surface area contributed by atoms with E-state index in [1.807, 2.05) is 18.2 Å². The number of hydrogen-bond donors (Lipinski definition) is 0. The van der Waals surface area contributed by atoms with Gasteiger partial charge in [-0.3, -0.25) is 19.1 Å². The first kappa shape index (κ1) is 21.6. The molecule has 0 saturated heterocycles. The third kappa shape index (κ3) is 3.75. The van der Waals surface area contributed by atoms with Gasteiger partial charge in [0.2, 0.25) is 0 Å². The number of pyridine rings is 2. The van der Waals surface area contributed by atoms with Crippen molar-refractivity contribution in [1.82, 2.24) is 9.55 Å². The van der Waals surface area contributed by atoms with Crippen LogP contribution >= 0.6 is 0 Å². The predicted molar refractivity (Wildman–Crippen MR) is 125 cm³/mol. The van der Waals surface area contributed by atoms with Crippen LogP contribution in [0.3, 0.4) is 0 Å². The quantitative estimate of drug-likeness (QED) is 0.231. The van der Waals surface area contributed by atoms with Gasteiger partial charge in [0.05, 0.1) is 16.6 Å². The summed E-state index contributed by atoms with van der Waals surface area (Å²) in [5.41, 5.74) is 2.02. The van der Waals surface area contributed by atoms with Gasteiger partial charge in [-0.2, -0.15) is 13.2 Å². The van der Waals surface area contributed by atoms with Crippen LogP contribution in [0.5, 0.6) is 0 Å². The molecule has 2 aromatic heterocycles. The Bertz CT molecular complexity index is 1650. The summed E-state index contributed by atoms with van der Waals surface area (Å²) < 4.78 is 41.4. The molecule has 0 atom stereocenters. The van der Waals surface area contributed by atoms with E-state index in [-0.39, 0.29) is 11.5 Å². The lowest BCUT2D eigenvalue weighted by atomic mass is 9.99. The fraction of sp³-hybridized carbons (Fsp3) is 0.0741. The molecule has 3 aromatic carbocycles. The number of carbonyl (C=O) groups is 1. The van der Waals surface area contributed by atoms with E-state index in [2.05, 4.69) is 4.98 Å². The summed E-state index contributed by atoms with van der Waals surface area (Å²) in [5, 5.41) is 1.22. The minimum atomic E-state index is -4.54. The summed E-state index contributed by atoms with van der Waals surface area (Å²) in [7, 11) is 0. The first-order valence-electron chi connectivity index (χ1n) is 10.5. The molecule has 7 heteroatoms. The van der Waals surface area contributed by atoms with Gasteiger partial charge in [-0.15, -0.1) is 0 Å². The molecule has 0 N–H and O–H groups in total. The molecule has 168 valence electrons. The summed E-state index contributed by atoms with van der Waals surface area (Å²) in [5.74, 6) is -0.0619. The Morgan fingerprint density at radius 3 is 2.41 bits per heavy atom. The van der Waals surface area contributed by atoms with Crippen molar-refractivity contribution in [3.8, 4) is 16.8 Å². The molecule has 5 rings (SSSR count). The van der Waals surface area contributed by atoms with Crippen molar-refractivity contribution in [2.75, 3.05) is 0 Å².